The summed E-state index contributed by atoms with van der Waals surface area (Å²) in [5.74, 6) is -0.0612. The van der Waals surface area contributed by atoms with Crippen molar-refractivity contribution < 1.29 is 18.7 Å². The maximum Gasteiger partial charge on any atom is 0.413 e. The third kappa shape index (κ3) is 4.75. The molecule has 1 aromatic carbocycles. The van der Waals surface area contributed by atoms with E-state index in [9.17, 15) is 9.18 Å². The van der Waals surface area contributed by atoms with E-state index in [2.05, 4.69) is 26.2 Å². The molecular weight excluding hydrogens is 367 g/mol. The third-order valence-electron chi connectivity index (χ3n) is 3.16. The van der Waals surface area contributed by atoms with Gasteiger partial charge in [0.15, 0.2) is 0 Å². The van der Waals surface area contributed by atoms with Gasteiger partial charge in [0.05, 0.1) is 6.61 Å². The quantitative estimate of drug-likeness (QED) is 0.799. The largest absolute Gasteiger partial charge is 0.444 e. The second-order valence-electron chi connectivity index (χ2n) is 6.58. The third-order valence-corrected chi connectivity index (χ3v) is 3.65. The molecule has 1 aliphatic rings. The van der Waals surface area contributed by atoms with Crippen molar-refractivity contribution in [3.63, 3.8) is 0 Å². The van der Waals surface area contributed by atoms with Crippen LogP contribution >= 0.6 is 15.9 Å². The van der Waals surface area contributed by atoms with Gasteiger partial charge in [-0.25, -0.2) is 9.18 Å². The molecule has 0 fully saturated rings. The molecule has 0 unspecified atom stereocenters. The second-order valence-corrected chi connectivity index (χ2v) is 7.49. The lowest BCUT2D eigenvalue weighted by molar-refractivity contribution is 0.0543. The molecule has 5 nitrogen and oxygen atoms in total. The Labute approximate surface area is 143 Å². The molecule has 2 rings (SSSR count). The lowest BCUT2D eigenvalue weighted by Gasteiger charge is -2.31. The molecule has 1 amide bonds. The van der Waals surface area contributed by atoms with Crippen molar-refractivity contribution >= 4 is 27.9 Å². The van der Waals surface area contributed by atoms with Gasteiger partial charge in [-0.2, -0.15) is 0 Å². The van der Waals surface area contributed by atoms with Crippen molar-refractivity contribution in [2.24, 2.45) is 4.99 Å². The average Bonchev–Trinajstić information content (AvgIpc) is 2.39. The molecule has 0 radical (unpaired) electrons. The fourth-order valence-corrected chi connectivity index (χ4v) is 2.60. The summed E-state index contributed by atoms with van der Waals surface area (Å²) < 4.78 is 25.6. The predicted molar refractivity (Wildman–Crippen MR) is 89.1 cm³/mol. The van der Waals surface area contributed by atoms with Gasteiger partial charge in [-0.05, 0) is 45.9 Å². The van der Waals surface area contributed by atoms with Gasteiger partial charge >= 0.3 is 6.09 Å². The maximum absolute atomic E-state index is 14.2. The number of benzene rings is 1. The number of rotatable bonds is 1. The van der Waals surface area contributed by atoms with Crippen LogP contribution in [0.2, 0.25) is 0 Å². The van der Waals surface area contributed by atoms with E-state index in [1.807, 2.05) is 0 Å². The molecule has 0 saturated heterocycles. The molecule has 23 heavy (non-hydrogen) atoms. The minimum atomic E-state index is -0.920. The number of hydrogen-bond donors (Lipinski definition) is 1. The first-order valence-corrected chi connectivity index (χ1v) is 8.00. The van der Waals surface area contributed by atoms with Crippen molar-refractivity contribution in [3.05, 3.63) is 34.1 Å². The molecular formula is C16H20BrFN2O3. The van der Waals surface area contributed by atoms with Gasteiger partial charge in [0, 0.05) is 10.0 Å². The highest BCUT2D eigenvalue weighted by Gasteiger charge is 2.34. The maximum atomic E-state index is 14.2. The Balaban J connectivity index is 2.23. The Morgan fingerprint density at radius 3 is 2.83 bits per heavy atom. The van der Waals surface area contributed by atoms with Gasteiger partial charge in [-0.3, -0.25) is 10.3 Å². The highest BCUT2D eigenvalue weighted by Crippen LogP contribution is 2.32. The summed E-state index contributed by atoms with van der Waals surface area (Å²) >= 11 is 3.33. The molecule has 0 bridgehead atoms. The number of nitrogens with one attached hydrogen (secondary N) is 1. The monoisotopic (exact) mass is 386 g/mol. The van der Waals surface area contributed by atoms with Crippen molar-refractivity contribution in [2.45, 2.75) is 38.8 Å². The Morgan fingerprint density at radius 2 is 2.17 bits per heavy atom. The van der Waals surface area contributed by atoms with E-state index in [1.165, 1.54) is 6.07 Å². The number of hydrogen-bond acceptors (Lipinski definition) is 4. The van der Waals surface area contributed by atoms with Gasteiger partial charge in [0.1, 0.15) is 29.4 Å². The molecule has 0 spiro atoms. The molecule has 0 saturated carbocycles. The molecule has 0 aromatic heterocycles. The first kappa shape index (κ1) is 17.9. The van der Waals surface area contributed by atoms with E-state index in [-0.39, 0.29) is 19.0 Å². The lowest BCUT2D eigenvalue weighted by atomic mass is 9.92. The molecule has 1 heterocycles. The van der Waals surface area contributed by atoms with Crippen LogP contribution in [0.15, 0.2) is 27.7 Å². The van der Waals surface area contributed by atoms with E-state index in [1.54, 1.807) is 39.8 Å². The van der Waals surface area contributed by atoms with E-state index < -0.39 is 17.2 Å². The molecule has 1 aromatic rings. The molecule has 1 aliphatic heterocycles. The summed E-state index contributed by atoms with van der Waals surface area (Å²) in [5, 5.41) is 2.56. The van der Waals surface area contributed by atoms with E-state index in [0.717, 1.165) is 4.47 Å². The molecule has 0 aliphatic carbocycles. The van der Waals surface area contributed by atoms with Crippen LogP contribution < -0.4 is 5.32 Å². The summed E-state index contributed by atoms with van der Waals surface area (Å²) in [6.07, 6.45) is -0.612. The Hall–Kier alpha value is -1.47. The molecule has 1 atom stereocenters. The number of halogens is 2. The van der Waals surface area contributed by atoms with Crippen LogP contribution in [-0.2, 0) is 15.0 Å². The van der Waals surface area contributed by atoms with Crippen LogP contribution in [-0.4, -0.2) is 30.7 Å². The zero-order valence-corrected chi connectivity index (χ0v) is 15.2. The number of carbonyl (C=O) groups is 1. The van der Waals surface area contributed by atoms with Gasteiger partial charge in [-0.1, -0.05) is 15.9 Å². The fourth-order valence-electron chi connectivity index (χ4n) is 2.24. The van der Waals surface area contributed by atoms with E-state index >= 15 is 0 Å². The van der Waals surface area contributed by atoms with Gasteiger partial charge in [-0.15, -0.1) is 0 Å². The van der Waals surface area contributed by atoms with Crippen LogP contribution in [0.4, 0.5) is 9.18 Å². The fraction of sp³-hybridized carbons (Fsp3) is 0.500. The van der Waals surface area contributed by atoms with Gasteiger partial charge < -0.3 is 9.47 Å². The normalized spacial score (nSPS) is 21.6. The molecule has 7 heteroatoms. The van der Waals surface area contributed by atoms with Gasteiger partial charge in [0.25, 0.3) is 0 Å². The SMILES string of the molecule is CC(C)(C)OC(=O)NC1=N[C@](C)(c2cc(Br)ccc2F)COC1. The zero-order valence-electron chi connectivity index (χ0n) is 13.6. The standard InChI is InChI=1S/C16H20BrFN2O3/c1-15(2,3)23-14(21)19-13-8-22-9-16(4,20-13)11-7-10(17)5-6-12(11)18/h5-7H,8-9H2,1-4H3,(H,19,20,21)/t16-/m0/s1. The Morgan fingerprint density at radius 1 is 1.48 bits per heavy atom. The summed E-state index contributed by atoms with van der Waals surface area (Å²) in [6, 6.07) is 4.66. The topological polar surface area (TPSA) is 59.9 Å². The van der Waals surface area contributed by atoms with Crippen LogP contribution in [0.25, 0.3) is 0 Å². The number of amides is 1. The Bertz CT molecular complexity index is 643. The predicted octanol–water partition coefficient (Wildman–Crippen LogP) is 3.76. The van der Waals surface area contributed by atoms with Crippen molar-refractivity contribution in [3.8, 4) is 0 Å². The minimum absolute atomic E-state index is 0.143. The van der Waals surface area contributed by atoms with Crippen LogP contribution in [0.3, 0.4) is 0 Å². The second kappa shape index (κ2) is 6.57. The summed E-state index contributed by atoms with van der Waals surface area (Å²) in [7, 11) is 0. The summed E-state index contributed by atoms with van der Waals surface area (Å²) in [6.45, 7) is 7.43. The first-order valence-electron chi connectivity index (χ1n) is 7.21. The van der Waals surface area contributed by atoms with Crippen molar-refractivity contribution in [1.29, 1.82) is 0 Å². The van der Waals surface area contributed by atoms with Crippen molar-refractivity contribution in [1.82, 2.24) is 5.32 Å². The average molecular weight is 387 g/mol. The summed E-state index contributed by atoms with van der Waals surface area (Å²) in [4.78, 5) is 16.3. The van der Waals surface area contributed by atoms with Crippen LogP contribution in [0.5, 0.6) is 0 Å². The molecule has 1 N–H and O–H groups in total. The summed E-state index contributed by atoms with van der Waals surface area (Å²) in [5.41, 5.74) is -1.13. The highest BCUT2D eigenvalue weighted by molar-refractivity contribution is 9.10. The number of ether oxygens (including phenoxy) is 2. The smallest absolute Gasteiger partial charge is 0.413 e. The first-order chi connectivity index (χ1) is 10.6. The number of amidine groups is 1. The number of alkyl carbamates (subject to hydrolysis) is 1. The highest BCUT2D eigenvalue weighted by atomic mass is 79.9. The van der Waals surface area contributed by atoms with Crippen LogP contribution in [0, 0.1) is 5.82 Å². The van der Waals surface area contributed by atoms with Crippen LogP contribution in [0.1, 0.15) is 33.3 Å². The number of nitrogens with zero attached hydrogens (tertiary/aromatic N) is 1. The number of carbonyl (C=O) groups excluding carboxylic acids is 1. The van der Waals surface area contributed by atoms with E-state index in [4.69, 9.17) is 9.47 Å². The zero-order chi connectivity index (χ0) is 17.3. The Kier molecular flexibility index (Phi) is 5.10. The lowest BCUT2D eigenvalue weighted by Crippen LogP contribution is -2.44. The molecule has 126 valence electrons. The van der Waals surface area contributed by atoms with Crippen molar-refractivity contribution in [2.75, 3.05) is 13.2 Å². The number of aliphatic imine (C=N–C) groups is 1. The van der Waals surface area contributed by atoms with Gasteiger partial charge in [0.2, 0.25) is 0 Å². The van der Waals surface area contributed by atoms with E-state index in [0.29, 0.717) is 11.4 Å². The minimum Gasteiger partial charge on any atom is -0.444 e.